The summed E-state index contributed by atoms with van der Waals surface area (Å²) in [4.78, 5) is 8.34. The van der Waals surface area contributed by atoms with Crippen LogP contribution in [0.25, 0.3) is 17.2 Å². The summed E-state index contributed by atoms with van der Waals surface area (Å²) in [7, 11) is 0. The SMILES string of the molecule is Cc1ncn2c(-c3ccccc3)nnc2n1. The highest BCUT2D eigenvalue weighted by atomic mass is 15.3. The van der Waals surface area contributed by atoms with Crippen LogP contribution < -0.4 is 0 Å². The van der Waals surface area contributed by atoms with Crippen molar-refractivity contribution >= 4 is 5.78 Å². The van der Waals surface area contributed by atoms with E-state index < -0.39 is 0 Å². The smallest absolute Gasteiger partial charge is 0.249 e. The molecule has 2 aromatic heterocycles. The molecule has 0 bridgehead atoms. The second-order valence-corrected chi connectivity index (χ2v) is 3.46. The number of nitrogens with zero attached hydrogens (tertiary/aromatic N) is 5. The molecule has 78 valence electrons. The standard InChI is InChI=1S/C11H9N5/c1-8-12-7-16-10(14-15-11(16)13-8)9-5-3-2-4-6-9/h2-7H,1H3. The van der Waals surface area contributed by atoms with Gasteiger partial charge in [0.2, 0.25) is 0 Å². The number of hydrogen-bond acceptors (Lipinski definition) is 4. The van der Waals surface area contributed by atoms with Crippen LogP contribution in [0.15, 0.2) is 36.7 Å². The van der Waals surface area contributed by atoms with Gasteiger partial charge in [-0.15, -0.1) is 10.2 Å². The molecular formula is C11H9N5. The van der Waals surface area contributed by atoms with Crippen LogP contribution in [0, 0.1) is 6.92 Å². The lowest BCUT2D eigenvalue weighted by molar-refractivity contribution is 0.958. The maximum Gasteiger partial charge on any atom is 0.258 e. The molecule has 0 spiro atoms. The predicted octanol–water partition coefficient (Wildman–Crippen LogP) is 1.49. The maximum atomic E-state index is 4.20. The molecule has 0 unspecified atom stereocenters. The van der Waals surface area contributed by atoms with Gasteiger partial charge in [0.15, 0.2) is 5.82 Å². The summed E-state index contributed by atoms with van der Waals surface area (Å²) in [5.74, 6) is 2.03. The lowest BCUT2D eigenvalue weighted by atomic mass is 10.2. The van der Waals surface area contributed by atoms with Gasteiger partial charge in [-0.3, -0.25) is 0 Å². The Morgan fingerprint density at radius 2 is 1.88 bits per heavy atom. The number of aromatic nitrogens is 5. The summed E-state index contributed by atoms with van der Waals surface area (Å²) < 4.78 is 1.78. The van der Waals surface area contributed by atoms with Crippen LogP contribution in [0.2, 0.25) is 0 Å². The first-order valence-corrected chi connectivity index (χ1v) is 4.94. The summed E-state index contributed by atoms with van der Waals surface area (Å²) in [6.45, 7) is 1.83. The van der Waals surface area contributed by atoms with Crippen molar-refractivity contribution in [3.05, 3.63) is 42.5 Å². The van der Waals surface area contributed by atoms with Crippen molar-refractivity contribution in [1.29, 1.82) is 0 Å². The first-order valence-electron chi connectivity index (χ1n) is 4.94. The van der Waals surface area contributed by atoms with Gasteiger partial charge < -0.3 is 0 Å². The van der Waals surface area contributed by atoms with Gasteiger partial charge in [0.05, 0.1) is 0 Å². The minimum absolute atomic E-state index is 0.575. The van der Waals surface area contributed by atoms with E-state index >= 15 is 0 Å². The topological polar surface area (TPSA) is 56.0 Å². The molecule has 0 aliphatic heterocycles. The molecule has 0 aliphatic carbocycles. The van der Waals surface area contributed by atoms with Gasteiger partial charge in [-0.05, 0) is 6.92 Å². The molecule has 0 N–H and O–H groups in total. The molecule has 1 aromatic carbocycles. The highest BCUT2D eigenvalue weighted by Crippen LogP contribution is 2.16. The fraction of sp³-hybridized carbons (Fsp3) is 0.0909. The van der Waals surface area contributed by atoms with Crippen LogP contribution in [0.3, 0.4) is 0 Å². The second kappa shape index (κ2) is 3.37. The Hall–Kier alpha value is -2.30. The molecule has 3 rings (SSSR count). The van der Waals surface area contributed by atoms with E-state index in [9.17, 15) is 0 Å². The molecule has 0 fully saturated rings. The third-order valence-corrected chi connectivity index (χ3v) is 2.33. The van der Waals surface area contributed by atoms with Crippen molar-refractivity contribution in [3.63, 3.8) is 0 Å². The van der Waals surface area contributed by atoms with Crippen molar-refractivity contribution in [2.45, 2.75) is 6.92 Å². The monoisotopic (exact) mass is 211 g/mol. The van der Waals surface area contributed by atoms with Crippen LogP contribution in [-0.2, 0) is 0 Å². The first kappa shape index (κ1) is 8.96. The summed E-state index contributed by atoms with van der Waals surface area (Å²) in [5, 5.41) is 8.13. The number of hydrogen-bond donors (Lipinski definition) is 0. The van der Waals surface area contributed by atoms with Crippen molar-refractivity contribution in [2.75, 3.05) is 0 Å². The normalized spacial score (nSPS) is 10.8. The number of fused-ring (bicyclic) bond motifs is 1. The Morgan fingerprint density at radius 1 is 1.06 bits per heavy atom. The van der Waals surface area contributed by atoms with Crippen molar-refractivity contribution in [2.24, 2.45) is 0 Å². The average molecular weight is 211 g/mol. The fourth-order valence-electron chi connectivity index (χ4n) is 1.56. The molecule has 2 heterocycles. The number of benzene rings is 1. The summed E-state index contributed by atoms with van der Waals surface area (Å²) in [5.41, 5.74) is 1.00. The molecule has 3 aromatic rings. The second-order valence-electron chi connectivity index (χ2n) is 3.46. The van der Waals surface area contributed by atoms with Crippen LogP contribution in [-0.4, -0.2) is 24.6 Å². The molecule has 5 heteroatoms. The lowest BCUT2D eigenvalue weighted by Gasteiger charge is -1.98. The van der Waals surface area contributed by atoms with E-state index in [0.717, 1.165) is 11.4 Å². The maximum absolute atomic E-state index is 4.20. The Labute approximate surface area is 91.8 Å². The molecule has 0 radical (unpaired) electrons. The average Bonchev–Trinajstić information content (AvgIpc) is 2.73. The van der Waals surface area contributed by atoms with E-state index in [4.69, 9.17) is 0 Å². The van der Waals surface area contributed by atoms with E-state index in [2.05, 4.69) is 20.2 Å². The zero-order chi connectivity index (χ0) is 11.0. The lowest BCUT2D eigenvalue weighted by Crippen LogP contribution is -1.96. The van der Waals surface area contributed by atoms with E-state index in [1.165, 1.54) is 0 Å². The molecule has 5 nitrogen and oxygen atoms in total. The van der Waals surface area contributed by atoms with Gasteiger partial charge >= 0.3 is 0 Å². The predicted molar refractivity (Wildman–Crippen MR) is 58.8 cm³/mol. The van der Waals surface area contributed by atoms with E-state index in [-0.39, 0.29) is 0 Å². The highest BCUT2D eigenvalue weighted by molar-refractivity contribution is 5.57. The molecule has 16 heavy (non-hydrogen) atoms. The minimum atomic E-state index is 0.575. The van der Waals surface area contributed by atoms with Crippen molar-refractivity contribution in [1.82, 2.24) is 24.6 Å². The molecule has 0 amide bonds. The van der Waals surface area contributed by atoms with Crippen LogP contribution >= 0.6 is 0 Å². The van der Waals surface area contributed by atoms with Crippen molar-refractivity contribution < 1.29 is 0 Å². The summed E-state index contributed by atoms with van der Waals surface area (Å²) >= 11 is 0. The van der Waals surface area contributed by atoms with Crippen LogP contribution in [0.5, 0.6) is 0 Å². The third kappa shape index (κ3) is 1.33. The zero-order valence-corrected chi connectivity index (χ0v) is 8.70. The fourth-order valence-corrected chi connectivity index (χ4v) is 1.56. The molecule has 0 aliphatic rings. The van der Waals surface area contributed by atoms with E-state index in [0.29, 0.717) is 11.6 Å². The van der Waals surface area contributed by atoms with Gasteiger partial charge in [-0.25, -0.2) is 9.38 Å². The molecular weight excluding hydrogens is 202 g/mol. The zero-order valence-electron chi connectivity index (χ0n) is 8.70. The highest BCUT2D eigenvalue weighted by Gasteiger charge is 2.08. The van der Waals surface area contributed by atoms with Gasteiger partial charge in [0, 0.05) is 5.56 Å². The summed E-state index contributed by atoms with van der Waals surface area (Å²) in [6.07, 6.45) is 1.69. The number of aryl methyl sites for hydroxylation is 1. The quantitative estimate of drug-likeness (QED) is 0.612. The Kier molecular flexibility index (Phi) is 1.89. The molecule has 0 atom stereocenters. The van der Waals surface area contributed by atoms with Crippen molar-refractivity contribution in [3.8, 4) is 11.4 Å². The Morgan fingerprint density at radius 3 is 2.69 bits per heavy atom. The summed E-state index contributed by atoms with van der Waals surface area (Å²) in [6, 6.07) is 9.86. The molecule has 0 saturated heterocycles. The van der Waals surface area contributed by atoms with Gasteiger partial charge in [0.25, 0.3) is 5.78 Å². The third-order valence-electron chi connectivity index (χ3n) is 2.33. The van der Waals surface area contributed by atoms with E-state index in [1.807, 2.05) is 37.3 Å². The first-order chi connectivity index (χ1) is 7.84. The van der Waals surface area contributed by atoms with Crippen LogP contribution in [0.1, 0.15) is 5.82 Å². The van der Waals surface area contributed by atoms with Gasteiger partial charge in [-0.1, -0.05) is 30.3 Å². The Bertz CT molecular complexity index is 629. The minimum Gasteiger partial charge on any atom is -0.249 e. The van der Waals surface area contributed by atoms with Crippen LogP contribution in [0.4, 0.5) is 0 Å². The Balaban J connectivity index is 2.26. The van der Waals surface area contributed by atoms with E-state index in [1.54, 1.807) is 10.7 Å². The number of rotatable bonds is 1. The van der Waals surface area contributed by atoms with Gasteiger partial charge in [-0.2, -0.15) is 4.98 Å². The largest absolute Gasteiger partial charge is 0.258 e. The van der Waals surface area contributed by atoms with Gasteiger partial charge in [0.1, 0.15) is 12.2 Å². The molecule has 0 saturated carbocycles.